The van der Waals surface area contributed by atoms with E-state index in [0.717, 1.165) is 15.8 Å². The fraction of sp³-hybridized carbons (Fsp3) is 0.133. The second-order valence-corrected chi connectivity index (χ2v) is 5.39. The minimum Gasteiger partial charge on any atom is -0.397 e. The first-order chi connectivity index (χ1) is 9.56. The first kappa shape index (κ1) is 14.4. The van der Waals surface area contributed by atoms with Crippen LogP contribution in [0, 0.1) is 0 Å². The number of nitrogen functional groups attached to an aromatic ring is 1. The summed E-state index contributed by atoms with van der Waals surface area (Å²) >= 11 is 3.36. The zero-order valence-corrected chi connectivity index (χ0v) is 12.7. The Morgan fingerprint density at radius 2 is 1.95 bits per heavy atom. The van der Waals surface area contributed by atoms with Crippen molar-refractivity contribution in [1.29, 1.82) is 0 Å². The average molecular weight is 334 g/mol. The van der Waals surface area contributed by atoms with E-state index in [1.807, 2.05) is 60.5 Å². The molecule has 0 unspecified atom stereocenters. The fourth-order valence-corrected chi connectivity index (χ4v) is 2.27. The maximum Gasteiger partial charge on any atom is 0.243 e. The van der Waals surface area contributed by atoms with E-state index >= 15 is 0 Å². The second-order valence-electron chi connectivity index (χ2n) is 4.47. The standard InChI is InChI=1S/C15H16BrN3O/c1-19(14-8-7-11(16)9-13(14)17)10-15(20)18-12-5-3-2-4-6-12/h2-9H,10,17H2,1H3,(H,18,20). The van der Waals surface area contributed by atoms with Crippen LogP contribution in [0.15, 0.2) is 53.0 Å². The van der Waals surface area contributed by atoms with Crippen molar-refractivity contribution >= 4 is 38.9 Å². The molecule has 0 saturated carbocycles. The molecule has 4 nitrogen and oxygen atoms in total. The van der Waals surface area contributed by atoms with Gasteiger partial charge in [-0.15, -0.1) is 0 Å². The number of para-hydroxylation sites is 1. The number of hydrogen-bond acceptors (Lipinski definition) is 3. The lowest BCUT2D eigenvalue weighted by atomic mass is 10.2. The predicted molar refractivity (Wildman–Crippen MR) is 86.9 cm³/mol. The zero-order valence-electron chi connectivity index (χ0n) is 11.1. The highest BCUT2D eigenvalue weighted by molar-refractivity contribution is 9.10. The van der Waals surface area contributed by atoms with Crippen molar-refractivity contribution in [3.63, 3.8) is 0 Å². The van der Waals surface area contributed by atoms with Crippen molar-refractivity contribution in [2.24, 2.45) is 0 Å². The van der Waals surface area contributed by atoms with Gasteiger partial charge in [0.2, 0.25) is 5.91 Å². The summed E-state index contributed by atoms with van der Waals surface area (Å²) in [6.07, 6.45) is 0. The summed E-state index contributed by atoms with van der Waals surface area (Å²) in [5, 5.41) is 2.84. The van der Waals surface area contributed by atoms with Gasteiger partial charge in [0.25, 0.3) is 0 Å². The summed E-state index contributed by atoms with van der Waals surface area (Å²) in [7, 11) is 1.84. The number of rotatable bonds is 4. The Labute approximate surface area is 126 Å². The van der Waals surface area contributed by atoms with E-state index in [1.54, 1.807) is 0 Å². The van der Waals surface area contributed by atoms with E-state index in [0.29, 0.717) is 5.69 Å². The van der Waals surface area contributed by atoms with Gasteiger partial charge in [-0.2, -0.15) is 0 Å². The molecule has 0 saturated heterocycles. The Morgan fingerprint density at radius 1 is 1.25 bits per heavy atom. The highest BCUT2D eigenvalue weighted by Crippen LogP contribution is 2.25. The monoisotopic (exact) mass is 333 g/mol. The van der Waals surface area contributed by atoms with Crippen molar-refractivity contribution in [3.05, 3.63) is 53.0 Å². The van der Waals surface area contributed by atoms with Gasteiger partial charge in [0.1, 0.15) is 0 Å². The van der Waals surface area contributed by atoms with Gasteiger partial charge < -0.3 is 16.0 Å². The van der Waals surface area contributed by atoms with Crippen LogP contribution in [0.1, 0.15) is 0 Å². The molecule has 0 fully saturated rings. The summed E-state index contributed by atoms with van der Waals surface area (Å²) in [4.78, 5) is 13.8. The quantitative estimate of drug-likeness (QED) is 0.845. The summed E-state index contributed by atoms with van der Waals surface area (Å²) in [5.41, 5.74) is 8.20. The first-order valence-electron chi connectivity index (χ1n) is 6.17. The molecule has 104 valence electrons. The normalized spacial score (nSPS) is 10.1. The molecular formula is C15H16BrN3O. The smallest absolute Gasteiger partial charge is 0.243 e. The molecule has 3 N–H and O–H groups in total. The Balaban J connectivity index is 2.00. The third-order valence-electron chi connectivity index (χ3n) is 2.84. The van der Waals surface area contributed by atoms with Crippen molar-refractivity contribution in [1.82, 2.24) is 0 Å². The third-order valence-corrected chi connectivity index (χ3v) is 3.33. The number of anilines is 3. The number of benzene rings is 2. The number of carbonyl (C=O) groups excluding carboxylic acids is 1. The molecule has 5 heteroatoms. The van der Waals surface area contributed by atoms with Gasteiger partial charge in [-0.3, -0.25) is 4.79 Å². The van der Waals surface area contributed by atoms with Crippen molar-refractivity contribution in [3.8, 4) is 0 Å². The van der Waals surface area contributed by atoms with Crippen LogP contribution in [-0.4, -0.2) is 19.5 Å². The Kier molecular flexibility index (Phi) is 4.63. The molecule has 0 spiro atoms. The van der Waals surface area contributed by atoms with Crippen LogP contribution in [0.3, 0.4) is 0 Å². The average Bonchev–Trinajstić information content (AvgIpc) is 2.39. The molecule has 1 amide bonds. The number of carbonyl (C=O) groups is 1. The Morgan fingerprint density at radius 3 is 2.60 bits per heavy atom. The van der Waals surface area contributed by atoms with Gasteiger partial charge in [0, 0.05) is 17.2 Å². The van der Waals surface area contributed by atoms with E-state index in [4.69, 9.17) is 5.73 Å². The molecule has 0 aromatic heterocycles. The number of hydrogen-bond donors (Lipinski definition) is 2. The zero-order chi connectivity index (χ0) is 14.5. The summed E-state index contributed by atoms with van der Waals surface area (Å²) in [6, 6.07) is 15.0. The molecule has 0 heterocycles. The number of nitrogens with two attached hydrogens (primary N) is 1. The molecule has 0 radical (unpaired) electrons. The third kappa shape index (κ3) is 3.74. The molecule has 20 heavy (non-hydrogen) atoms. The van der Waals surface area contributed by atoms with Crippen LogP contribution in [-0.2, 0) is 4.79 Å². The molecule has 0 aliphatic rings. The highest BCUT2D eigenvalue weighted by atomic mass is 79.9. The summed E-state index contributed by atoms with van der Waals surface area (Å²) < 4.78 is 0.917. The molecule has 2 rings (SSSR count). The van der Waals surface area contributed by atoms with Gasteiger partial charge in [-0.25, -0.2) is 0 Å². The predicted octanol–water partition coefficient (Wildman–Crippen LogP) is 3.11. The van der Waals surface area contributed by atoms with E-state index in [1.165, 1.54) is 0 Å². The van der Waals surface area contributed by atoms with Gasteiger partial charge in [0.05, 0.1) is 17.9 Å². The van der Waals surface area contributed by atoms with E-state index in [-0.39, 0.29) is 12.5 Å². The molecule has 2 aromatic rings. The minimum atomic E-state index is -0.0824. The van der Waals surface area contributed by atoms with Gasteiger partial charge in [-0.05, 0) is 30.3 Å². The van der Waals surface area contributed by atoms with Gasteiger partial charge in [-0.1, -0.05) is 34.1 Å². The maximum atomic E-state index is 12.0. The van der Waals surface area contributed by atoms with Crippen LogP contribution in [0.2, 0.25) is 0 Å². The highest BCUT2D eigenvalue weighted by Gasteiger charge is 2.10. The molecule has 0 aliphatic carbocycles. The fourth-order valence-electron chi connectivity index (χ4n) is 1.90. The van der Waals surface area contributed by atoms with E-state index in [9.17, 15) is 4.79 Å². The van der Waals surface area contributed by atoms with Crippen LogP contribution in [0.5, 0.6) is 0 Å². The number of halogens is 1. The SMILES string of the molecule is CN(CC(=O)Nc1ccccc1)c1ccc(Br)cc1N. The minimum absolute atomic E-state index is 0.0824. The number of nitrogens with one attached hydrogen (secondary N) is 1. The van der Waals surface area contributed by atoms with Crippen LogP contribution in [0.4, 0.5) is 17.1 Å². The number of likely N-dealkylation sites (N-methyl/N-ethyl adjacent to an activating group) is 1. The van der Waals surface area contributed by atoms with Crippen LogP contribution < -0.4 is 16.0 Å². The van der Waals surface area contributed by atoms with Crippen LogP contribution in [0.25, 0.3) is 0 Å². The number of nitrogens with zero attached hydrogens (tertiary/aromatic N) is 1. The topological polar surface area (TPSA) is 58.4 Å². The van der Waals surface area contributed by atoms with E-state index in [2.05, 4.69) is 21.2 Å². The maximum absolute atomic E-state index is 12.0. The molecular weight excluding hydrogens is 318 g/mol. The molecule has 0 atom stereocenters. The second kappa shape index (κ2) is 6.43. The van der Waals surface area contributed by atoms with Crippen molar-refractivity contribution in [2.45, 2.75) is 0 Å². The summed E-state index contributed by atoms with van der Waals surface area (Å²) in [5.74, 6) is -0.0824. The van der Waals surface area contributed by atoms with Crippen molar-refractivity contribution in [2.75, 3.05) is 29.5 Å². The largest absolute Gasteiger partial charge is 0.397 e. The lowest BCUT2D eigenvalue weighted by Gasteiger charge is -2.20. The van der Waals surface area contributed by atoms with Crippen molar-refractivity contribution < 1.29 is 4.79 Å². The number of amides is 1. The first-order valence-corrected chi connectivity index (χ1v) is 6.96. The lowest BCUT2D eigenvalue weighted by Crippen LogP contribution is -2.30. The Bertz CT molecular complexity index is 601. The lowest BCUT2D eigenvalue weighted by molar-refractivity contribution is -0.114. The summed E-state index contributed by atoms with van der Waals surface area (Å²) in [6.45, 7) is 0.237. The van der Waals surface area contributed by atoms with Gasteiger partial charge >= 0.3 is 0 Å². The molecule has 0 bridgehead atoms. The van der Waals surface area contributed by atoms with E-state index < -0.39 is 0 Å². The molecule has 2 aromatic carbocycles. The van der Waals surface area contributed by atoms with Gasteiger partial charge in [0.15, 0.2) is 0 Å². The van der Waals surface area contributed by atoms with Crippen LogP contribution >= 0.6 is 15.9 Å². The Hall–Kier alpha value is -2.01. The molecule has 0 aliphatic heterocycles.